The Morgan fingerprint density at radius 1 is 1.19 bits per heavy atom. The van der Waals surface area contributed by atoms with Gasteiger partial charge in [-0.05, 0) is 31.9 Å². The zero-order valence-electron chi connectivity index (χ0n) is 14.9. The van der Waals surface area contributed by atoms with E-state index in [0.29, 0.717) is 24.9 Å². The fourth-order valence-corrected chi connectivity index (χ4v) is 3.01. The molecular weight excluding hydrogens is 354 g/mol. The number of likely N-dealkylation sites (tertiary alicyclic amines) is 1. The molecule has 0 aromatic heterocycles. The largest absolute Gasteiger partial charge is 0.480 e. The van der Waals surface area contributed by atoms with Crippen molar-refractivity contribution in [1.29, 1.82) is 0 Å². The molecule has 0 aliphatic carbocycles. The van der Waals surface area contributed by atoms with Gasteiger partial charge in [0.2, 0.25) is 5.91 Å². The Balaban J connectivity index is 1.94. The number of carbonyl (C=O) groups excluding carboxylic acids is 2. The number of rotatable bonds is 8. The van der Waals surface area contributed by atoms with Crippen LogP contribution in [-0.2, 0) is 14.4 Å². The molecule has 4 N–H and O–H groups in total. The molecule has 9 nitrogen and oxygen atoms in total. The van der Waals surface area contributed by atoms with E-state index in [1.165, 1.54) is 11.8 Å². The van der Waals surface area contributed by atoms with Gasteiger partial charge in [-0.2, -0.15) is 0 Å². The summed E-state index contributed by atoms with van der Waals surface area (Å²) in [4.78, 5) is 48.5. The number of benzene rings is 1. The van der Waals surface area contributed by atoms with Crippen molar-refractivity contribution >= 4 is 23.8 Å². The van der Waals surface area contributed by atoms with Crippen LogP contribution in [0.3, 0.4) is 0 Å². The summed E-state index contributed by atoms with van der Waals surface area (Å²) < 4.78 is 0. The van der Waals surface area contributed by atoms with Crippen molar-refractivity contribution in [2.24, 2.45) is 0 Å². The van der Waals surface area contributed by atoms with Gasteiger partial charge in [0.15, 0.2) is 0 Å². The number of carbonyl (C=O) groups is 4. The van der Waals surface area contributed by atoms with Crippen LogP contribution in [0.2, 0.25) is 0 Å². The molecule has 0 saturated carbocycles. The van der Waals surface area contributed by atoms with E-state index in [1.54, 1.807) is 30.3 Å². The van der Waals surface area contributed by atoms with Crippen molar-refractivity contribution in [1.82, 2.24) is 15.5 Å². The molecule has 3 unspecified atom stereocenters. The number of aliphatic carboxylic acids is 2. The molecule has 1 aliphatic heterocycles. The topological polar surface area (TPSA) is 136 Å². The van der Waals surface area contributed by atoms with Crippen molar-refractivity contribution in [3.63, 3.8) is 0 Å². The quantitative estimate of drug-likeness (QED) is 0.497. The molecule has 1 aromatic carbocycles. The first-order valence-corrected chi connectivity index (χ1v) is 8.66. The van der Waals surface area contributed by atoms with Crippen molar-refractivity contribution in [3.05, 3.63) is 35.9 Å². The average molecular weight is 377 g/mol. The van der Waals surface area contributed by atoms with Crippen molar-refractivity contribution < 1.29 is 29.4 Å². The lowest BCUT2D eigenvalue weighted by atomic mass is 10.1. The van der Waals surface area contributed by atoms with Gasteiger partial charge in [-0.3, -0.25) is 19.7 Å². The summed E-state index contributed by atoms with van der Waals surface area (Å²) in [5.74, 6) is -3.19. The maximum absolute atomic E-state index is 12.5. The lowest BCUT2D eigenvalue weighted by Gasteiger charge is -2.27. The predicted molar refractivity (Wildman–Crippen MR) is 95.2 cm³/mol. The molecule has 0 bridgehead atoms. The molecular formula is C18H23N3O6. The van der Waals surface area contributed by atoms with Crippen molar-refractivity contribution in [2.45, 2.75) is 37.9 Å². The van der Waals surface area contributed by atoms with E-state index >= 15 is 0 Å². The highest BCUT2D eigenvalue weighted by Gasteiger charge is 2.36. The Morgan fingerprint density at radius 3 is 2.44 bits per heavy atom. The Bertz CT molecular complexity index is 708. The van der Waals surface area contributed by atoms with Crippen LogP contribution >= 0.6 is 0 Å². The first kappa shape index (κ1) is 20.4. The molecule has 0 radical (unpaired) electrons. The summed E-state index contributed by atoms with van der Waals surface area (Å²) in [6, 6.07) is 5.36. The van der Waals surface area contributed by atoms with Gasteiger partial charge in [-0.15, -0.1) is 0 Å². The van der Waals surface area contributed by atoms with Crippen molar-refractivity contribution in [2.75, 3.05) is 13.1 Å². The molecule has 0 spiro atoms. The molecule has 1 aromatic rings. The molecule has 2 rings (SSSR count). The van der Waals surface area contributed by atoms with E-state index in [1.807, 2.05) is 0 Å². The van der Waals surface area contributed by atoms with Gasteiger partial charge in [-0.1, -0.05) is 18.2 Å². The van der Waals surface area contributed by atoms with E-state index in [2.05, 4.69) is 10.6 Å². The normalized spacial score (nSPS) is 18.6. The smallest absolute Gasteiger partial charge is 0.326 e. The molecule has 1 fully saturated rings. The second-order valence-electron chi connectivity index (χ2n) is 6.38. The lowest BCUT2D eigenvalue weighted by molar-refractivity contribution is -0.149. The van der Waals surface area contributed by atoms with Crippen LogP contribution < -0.4 is 10.6 Å². The van der Waals surface area contributed by atoms with Gasteiger partial charge in [0, 0.05) is 18.7 Å². The van der Waals surface area contributed by atoms with Gasteiger partial charge < -0.3 is 20.4 Å². The SMILES string of the molecule is CC(NC(CNC(=O)c1ccccc1)C(=O)O)C(=O)N1CCCC1C(=O)O. The summed E-state index contributed by atoms with van der Waals surface area (Å²) in [7, 11) is 0. The van der Waals surface area contributed by atoms with Crippen LogP contribution in [0.25, 0.3) is 0 Å². The fourth-order valence-electron chi connectivity index (χ4n) is 3.01. The third-order valence-electron chi connectivity index (χ3n) is 4.44. The van der Waals surface area contributed by atoms with Crippen LogP contribution in [0.4, 0.5) is 0 Å². The molecule has 1 saturated heterocycles. The zero-order valence-corrected chi connectivity index (χ0v) is 14.9. The summed E-state index contributed by atoms with van der Waals surface area (Å²) in [5, 5.41) is 23.7. The maximum atomic E-state index is 12.5. The van der Waals surface area contributed by atoms with Gasteiger partial charge in [0.05, 0.1) is 6.04 Å². The second-order valence-corrected chi connectivity index (χ2v) is 6.38. The summed E-state index contributed by atoms with van der Waals surface area (Å²) in [6.07, 6.45) is 0.966. The standard InChI is InChI=1S/C18H23N3O6/c1-11(16(23)21-9-5-8-14(21)18(26)27)20-13(17(24)25)10-19-15(22)12-6-3-2-4-7-12/h2-4,6-7,11,13-14,20H,5,8-10H2,1H3,(H,19,22)(H,24,25)(H,26,27). The summed E-state index contributed by atoms with van der Waals surface area (Å²) in [5.41, 5.74) is 0.395. The average Bonchev–Trinajstić information content (AvgIpc) is 3.14. The monoisotopic (exact) mass is 377 g/mol. The Kier molecular flexibility index (Phi) is 6.89. The number of carboxylic acid groups (broad SMARTS) is 2. The van der Waals surface area contributed by atoms with E-state index in [9.17, 15) is 29.4 Å². The van der Waals surface area contributed by atoms with E-state index in [0.717, 1.165) is 0 Å². The van der Waals surface area contributed by atoms with E-state index < -0.39 is 41.9 Å². The van der Waals surface area contributed by atoms with Crippen LogP contribution in [0.5, 0.6) is 0 Å². The Hall–Kier alpha value is -2.94. The number of hydrogen-bond donors (Lipinski definition) is 4. The molecule has 2 amide bonds. The summed E-state index contributed by atoms with van der Waals surface area (Å²) in [6.45, 7) is 1.59. The van der Waals surface area contributed by atoms with Crippen LogP contribution in [-0.4, -0.2) is 70.1 Å². The third kappa shape index (κ3) is 5.27. The van der Waals surface area contributed by atoms with Gasteiger partial charge in [0.25, 0.3) is 5.91 Å². The minimum absolute atomic E-state index is 0.219. The highest BCUT2D eigenvalue weighted by atomic mass is 16.4. The highest BCUT2D eigenvalue weighted by Crippen LogP contribution is 2.18. The maximum Gasteiger partial charge on any atom is 0.326 e. The molecule has 1 aliphatic rings. The summed E-state index contributed by atoms with van der Waals surface area (Å²) >= 11 is 0. The molecule has 1 heterocycles. The van der Waals surface area contributed by atoms with Gasteiger partial charge >= 0.3 is 11.9 Å². The van der Waals surface area contributed by atoms with Crippen molar-refractivity contribution in [3.8, 4) is 0 Å². The number of hydrogen-bond acceptors (Lipinski definition) is 5. The van der Waals surface area contributed by atoms with Crippen LogP contribution in [0.1, 0.15) is 30.1 Å². The fraction of sp³-hybridized carbons (Fsp3) is 0.444. The van der Waals surface area contributed by atoms with E-state index in [4.69, 9.17) is 0 Å². The first-order chi connectivity index (χ1) is 12.8. The number of carboxylic acids is 2. The Morgan fingerprint density at radius 2 is 1.85 bits per heavy atom. The Labute approximate surface area is 156 Å². The minimum Gasteiger partial charge on any atom is -0.480 e. The highest BCUT2D eigenvalue weighted by molar-refractivity contribution is 5.94. The number of amides is 2. The predicted octanol–water partition coefficient (Wildman–Crippen LogP) is -0.0767. The molecule has 3 atom stereocenters. The number of nitrogens with zero attached hydrogens (tertiary/aromatic N) is 1. The number of nitrogens with one attached hydrogen (secondary N) is 2. The zero-order chi connectivity index (χ0) is 20.0. The van der Waals surface area contributed by atoms with Gasteiger partial charge in [-0.25, -0.2) is 4.79 Å². The van der Waals surface area contributed by atoms with E-state index in [-0.39, 0.29) is 6.54 Å². The third-order valence-corrected chi connectivity index (χ3v) is 4.44. The van der Waals surface area contributed by atoms with Gasteiger partial charge in [0.1, 0.15) is 12.1 Å². The van der Waals surface area contributed by atoms with Crippen LogP contribution in [0.15, 0.2) is 30.3 Å². The minimum atomic E-state index is -1.22. The second kappa shape index (κ2) is 9.13. The lowest BCUT2D eigenvalue weighted by Crippen LogP contribution is -2.55. The molecule has 146 valence electrons. The van der Waals surface area contributed by atoms with Crippen LogP contribution in [0, 0.1) is 0 Å². The molecule has 9 heteroatoms. The first-order valence-electron chi connectivity index (χ1n) is 8.66. The molecule has 27 heavy (non-hydrogen) atoms.